The lowest BCUT2D eigenvalue weighted by molar-refractivity contribution is 0.138. The Balaban J connectivity index is 1.82. The highest BCUT2D eigenvalue weighted by Crippen LogP contribution is 2.13. The zero-order valence-electron chi connectivity index (χ0n) is 12.8. The molecule has 1 saturated heterocycles. The Morgan fingerprint density at radius 2 is 1.53 bits per heavy atom. The van der Waals surface area contributed by atoms with Crippen molar-refractivity contribution in [1.82, 2.24) is 4.90 Å². The summed E-state index contributed by atoms with van der Waals surface area (Å²) >= 11 is 0. The zero-order valence-corrected chi connectivity index (χ0v) is 12.8. The van der Waals surface area contributed by atoms with Crippen LogP contribution in [0.4, 0.5) is 4.79 Å². The number of ether oxygens (including phenoxy) is 1. The first-order valence-corrected chi connectivity index (χ1v) is 8.19. The molecule has 0 aromatic heterocycles. The second kappa shape index (κ2) is 10.1. The molecule has 3 nitrogen and oxygen atoms in total. The quantitative estimate of drug-likeness (QED) is 0.507. The SMILES string of the molecule is CCCCCCCCCCCCN1CC(C)OC1=O. The summed E-state index contributed by atoms with van der Waals surface area (Å²) in [4.78, 5) is 13.2. The van der Waals surface area contributed by atoms with Crippen molar-refractivity contribution in [1.29, 1.82) is 0 Å². The van der Waals surface area contributed by atoms with E-state index in [1.165, 1.54) is 57.8 Å². The van der Waals surface area contributed by atoms with E-state index in [0.29, 0.717) is 0 Å². The van der Waals surface area contributed by atoms with Gasteiger partial charge in [0.2, 0.25) is 0 Å². The van der Waals surface area contributed by atoms with Crippen molar-refractivity contribution in [2.45, 2.75) is 84.2 Å². The van der Waals surface area contributed by atoms with Crippen LogP contribution in [0.25, 0.3) is 0 Å². The molecule has 0 bridgehead atoms. The van der Waals surface area contributed by atoms with E-state index in [1.807, 2.05) is 11.8 Å². The molecule has 0 radical (unpaired) electrons. The normalized spacial score (nSPS) is 18.9. The van der Waals surface area contributed by atoms with Gasteiger partial charge in [-0.05, 0) is 13.3 Å². The minimum atomic E-state index is -0.122. The fourth-order valence-electron chi connectivity index (χ4n) is 2.64. The van der Waals surface area contributed by atoms with E-state index in [-0.39, 0.29) is 12.2 Å². The standard InChI is InChI=1S/C16H31NO2/c1-3-4-5-6-7-8-9-10-11-12-13-17-14-15(2)19-16(17)18/h15H,3-14H2,1-2H3. The summed E-state index contributed by atoms with van der Waals surface area (Å²) in [5.41, 5.74) is 0. The molecular formula is C16H31NO2. The maximum atomic E-state index is 11.4. The van der Waals surface area contributed by atoms with Crippen LogP contribution in [0.2, 0.25) is 0 Å². The van der Waals surface area contributed by atoms with Gasteiger partial charge in [-0.1, -0.05) is 64.7 Å². The maximum absolute atomic E-state index is 11.4. The molecule has 0 saturated carbocycles. The summed E-state index contributed by atoms with van der Waals surface area (Å²) in [6.07, 6.45) is 13.3. The highest BCUT2D eigenvalue weighted by atomic mass is 16.6. The lowest BCUT2D eigenvalue weighted by Crippen LogP contribution is -2.25. The molecule has 1 aliphatic heterocycles. The van der Waals surface area contributed by atoms with Gasteiger partial charge in [0.25, 0.3) is 0 Å². The van der Waals surface area contributed by atoms with Gasteiger partial charge in [0, 0.05) is 6.54 Å². The molecule has 1 unspecified atom stereocenters. The highest BCUT2D eigenvalue weighted by Gasteiger charge is 2.26. The van der Waals surface area contributed by atoms with E-state index >= 15 is 0 Å². The average Bonchev–Trinajstić information content (AvgIpc) is 2.70. The van der Waals surface area contributed by atoms with Crippen LogP contribution >= 0.6 is 0 Å². The molecule has 19 heavy (non-hydrogen) atoms. The Bertz CT molecular complexity index is 243. The monoisotopic (exact) mass is 269 g/mol. The predicted octanol–water partition coefficient (Wildman–Crippen LogP) is 4.75. The third-order valence-corrected chi connectivity index (χ3v) is 3.82. The number of unbranched alkanes of at least 4 members (excludes halogenated alkanes) is 9. The number of carbonyl (C=O) groups excluding carboxylic acids is 1. The lowest BCUT2D eigenvalue weighted by Gasteiger charge is -2.11. The Morgan fingerprint density at radius 3 is 2.00 bits per heavy atom. The number of rotatable bonds is 11. The lowest BCUT2D eigenvalue weighted by atomic mass is 10.1. The van der Waals surface area contributed by atoms with Gasteiger partial charge in [-0.25, -0.2) is 4.79 Å². The molecule has 0 spiro atoms. The smallest absolute Gasteiger partial charge is 0.410 e. The van der Waals surface area contributed by atoms with E-state index < -0.39 is 0 Å². The molecule has 0 aliphatic carbocycles. The third-order valence-electron chi connectivity index (χ3n) is 3.82. The summed E-state index contributed by atoms with van der Waals surface area (Å²) in [7, 11) is 0. The topological polar surface area (TPSA) is 29.5 Å². The molecule has 1 heterocycles. The fraction of sp³-hybridized carbons (Fsp3) is 0.938. The third kappa shape index (κ3) is 7.44. The molecule has 0 aromatic rings. The van der Waals surface area contributed by atoms with Crippen molar-refractivity contribution in [2.24, 2.45) is 0 Å². The first-order chi connectivity index (χ1) is 9.24. The molecule has 1 fully saturated rings. The molecule has 3 heteroatoms. The van der Waals surface area contributed by atoms with Crippen LogP contribution in [-0.4, -0.2) is 30.2 Å². The van der Waals surface area contributed by atoms with Crippen LogP contribution in [-0.2, 0) is 4.74 Å². The predicted molar refractivity (Wildman–Crippen MR) is 79.4 cm³/mol. The van der Waals surface area contributed by atoms with Crippen molar-refractivity contribution in [2.75, 3.05) is 13.1 Å². The second-order valence-corrected chi connectivity index (χ2v) is 5.82. The van der Waals surface area contributed by atoms with Crippen LogP contribution in [0.15, 0.2) is 0 Å². The minimum Gasteiger partial charge on any atom is -0.445 e. The number of carbonyl (C=O) groups is 1. The number of nitrogens with zero attached hydrogens (tertiary/aromatic N) is 1. The molecule has 1 rings (SSSR count). The van der Waals surface area contributed by atoms with Gasteiger partial charge in [0.1, 0.15) is 6.10 Å². The van der Waals surface area contributed by atoms with Crippen molar-refractivity contribution < 1.29 is 9.53 Å². The van der Waals surface area contributed by atoms with Crippen molar-refractivity contribution in [3.63, 3.8) is 0 Å². The van der Waals surface area contributed by atoms with Crippen LogP contribution in [0, 0.1) is 0 Å². The summed E-state index contributed by atoms with van der Waals surface area (Å²) < 4.78 is 5.10. The molecule has 1 amide bonds. The number of hydrogen-bond donors (Lipinski definition) is 0. The zero-order chi connectivity index (χ0) is 13.9. The minimum absolute atomic E-state index is 0.0793. The fourth-order valence-corrected chi connectivity index (χ4v) is 2.64. The summed E-state index contributed by atoms with van der Waals surface area (Å²) in [6, 6.07) is 0. The van der Waals surface area contributed by atoms with E-state index in [4.69, 9.17) is 4.74 Å². The van der Waals surface area contributed by atoms with Crippen molar-refractivity contribution in [3.8, 4) is 0 Å². The van der Waals surface area contributed by atoms with Gasteiger partial charge in [-0.2, -0.15) is 0 Å². The summed E-state index contributed by atoms with van der Waals surface area (Å²) in [6.45, 7) is 5.86. The molecular weight excluding hydrogens is 238 g/mol. The van der Waals surface area contributed by atoms with E-state index in [1.54, 1.807) is 0 Å². The van der Waals surface area contributed by atoms with Crippen LogP contribution in [0.5, 0.6) is 0 Å². The summed E-state index contributed by atoms with van der Waals surface area (Å²) in [5, 5.41) is 0. The van der Waals surface area contributed by atoms with Gasteiger partial charge >= 0.3 is 6.09 Å². The molecule has 112 valence electrons. The van der Waals surface area contributed by atoms with Crippen LogP contribution < -0.4 is 0 Å². The molecule has 1 aliphatic rings. The first-order valence-electron chi connectivity index (χ1n) is 8.19. The van der Waals surface area contributed by atoms with E-state index in [9.17, 15) is 4.79 Å². The summed E-state index contributed by atoms with van der Waals surface area (Å²) in [5.74, 6) is 0. The number of cyclic esters (lactones) is 1. The Morgan fingerprint density at radius 1 is 1.00 bits per heavy atom. The molecule has 1 atom stereocenters. The van der Waals surface area contributed by atoms with Gasteiger partial charge < -0.3 is 9.64 Å². The molecule has 0 aromatic carbocycles. The van der Waals surface area contributed by atoms with Gasteiger partial charge in [-0.15, -0.1) is 0 Å². The average molecular weight is 269 g/mol. The largest absolute Gasteiger partial charge is 0.445 e. The Kier molecular flexibility index (Phi) is 8.68. The highest BCUT2D eigenvalue weighted by molar-refractivity contribution is 5.69. The first kappa shape index (κ1) is 16.3. The maximum Gasteiger partial charge on any atom is 0.410 e. The number of amides is 1. The van der Waals surface area contributed by atoms with Crippen LogP contribution in [0.3, 0.4) is 0 Å². The number of hydrogen-bond acceptors (Lipinski definition) is 2. The van der Waals surface area contributed by atoms with Gasteiger partial charge in [-0.3, -0.25) is 0 Å². The Hall–Kier alpha value is -0.730. The second-order valence-electron chi connectivity index (χ2n) is 5.82. The van der Waals surface area contributed by atoms with Crippen molar-refractivity contribution >= 4 is 6.09 Å². The van der Waals surface area contributed by atoms with Gasteiger partial charge in [0.15, 0.2) is 0 Å². The molecule has 0 N–H and O–H groups in total. The van der Waals surface area contributed by atoms with Crippen LogP contribution in [0.1, 0.15) is 78.1 Å². The van der Waals surface area contributed by atoms with Gasteiger partial charge in [0.05, 0.1) is 6.54 Å². The van der Waals surface area contributed by atoms with E-state index in [0.717, 1.165) is 19.5 Å². The van der Waals surface area contributed by atoms with E-state index in [2.05, 4.69) is 6.92 Å². The van der Waals surface area contributed by atoms with Crippen molar-refractivity contribution in [3.05, 3.63) is 0 Å². The Labute approximate surface area is 118 Å².